The van der Waals surface area contributed by atoms with Gasteiger partial charge in [-0.15, -0.1) is 0 Å². The van der Waals surface area contributed by atoms with Gasteiger partial charge in [0.15, 0.2) is 0 Å². The molecule has 1 heterocycles. The van der Waals surface area contributed by atoms with Crippen LogP contribution in [0.5, 0.6) is 0 Å². The SMILES string of the molecule is CC(O)CN(C)C(=O)c1cn(C)cn1. The largest absolute Gasteiger partial charge is 0.392 e. The molecular formula is C9H15N3O2. The highest BCUT2D eigenvalue weighted by Crippen LogP contribution is 2.00. The van der Waals surface area contributed by atoms with Crippen molar-refractivity contribution in [2.75, 3.05) is 13.6 Å². The molecule has 1 unspecified atom stereocenters. The average molecular weight is 197 g/mol. The van der Waals surface area contributed by atoms with Crippen LogP contribution in [0.4, 0.5) is 0 Å². The lowest BCUT2D eigenvalue weighted by Crippen LogP contribution is -2.33. The summed E-state index contributed by atoms with van der Waals surface area (Å²) >= 11 is 0. The van der Waals surface area contributed by atoms with Gasteiger partial charge in [0.2, 0.25) is 0 Å². The first-order chi connectivity index (χ1) is 6.50. The van der Waals surface area contributed by atoms with Crippen molar-refractivity contribution in [3.8, 4) is 0 Å². The van der Waals surface area contributed by atoms with Crippen molar-refractivity contribution in [2.24, 2.45) is 7.05 Å². The van der Waals surface area contributed by atoms with Crippen molar-refractivity contribution in [1.29, 1.82) is 0 Å². The zero-order valence-electron chi connectivity index (χ0n) is 8.64. The number of amides is 1. The van der Waals surface area contributed by atoms with Gasteiger partial charge in [0.25, 0.3) is 5.91 Å². The number of aryl methyl sites for hydroxylation is 1. The van der Waals surface area contributed by atoms with Crippen LogP contribution in [0.1, 0.15) is 17.4 Å². The third kappa shape index (κ3) is 2.56. The fourth-order valence-electron chi connectivity index (χ4n) is 1.20. The number of carbonyl (C=O) groups excluding carboxylic acids is 1. The number of hydrogen-bond acceptors (Lipinski definition) is 3. The molecule has 5 heteroatoms. The first-order valence-corrected chi connectivity index (χ1v) is 4.42. The Hall–Kier alpha value is -1.36. The molecule has 1 amide bonds. The Morgan fingerprint density at radius 2 is 2.43 bits per heavy atom. The van der Waals surface area contributed by atoms with Crippen LogP contribution in [-0.2, 0) is 7.05 Å². The molecule has 0 saturated heterocycles. The van der Waals surface area contributed by atoms with Gasteiger partial charge in [-0.05, 0) is 6.92 Å². The smallest absolute Gasteiger partial charge is 0.273 e. The van der Waals surface area contributed by atoms with Gasteiger partial charge in [0, 0.05) is 26.8 Å². The molecule has 0 bridgehead atoms. The standard InChI is InChI=1S/C9H15N3O2/c1-7(13)4-12(3)9(14)8-5-11(2)6-10-8/h5-7,13H,4H2,1-3H3. The van der Waals surface area contributed by atoms with Crippen molar-refractivity contribution in [3.05, 3.63) is 18.2 Å². The minimum Gasteiger partial charge on any atom is -0.392 e. The van der Waals surface area contributed by atoms with Crippen LogP contribution in [0.2, 0.25) is 0 Å². The Balaban J connectivity index is 2.65. The van der Waals surface area contributed by atoms with E-state index in [2.05, 4.69) is 4.98 Å². The summed E-state index contributed by atoms with van der Waals surface area (Å²) in [6.45, 7) is 1.96. The summed E-state index contributed by atoms with van der Waals surface area (Å²) in [6.07, 6.45) is 2.71. The lowest BCUT2D eigenvalue weighted by Gasteiger charge is -2.17. The molecule has 0 aliphatic heterocycles. The number of rotatable bonds is 3. The second kappa shape index (κ2) is 4.23. The Morgan fingerprint density at radius 3 is 2.86 bits per heavy atom. The highest BCUT2D eigenvalue weighted by molar-refractivity contribution is 5.91. The molecule has 0 fully saturated rings. The van der Waals surface area contributed by atoms with Gasteiger partial charge in [-0.25, -0.2) is 4.98 Å². The molecule has 1 rings (SSSR count). The van der Waals surface area contributed by atoms with Crippen LogP contribution in [0.3, 0.4) is 0 Å². The number of aliphatic hydroxyl groups is 1. The van der Waals surface area contributed by atoms with E-state index in [0.29, 0.717) is 12.2 Å². The number of nitrogens with zero attached hydrogens (tertiary/aromatic N) is 3. The number of aliphatic hydroxyl groups excluding tert-OH is 1. The number of hydrogen-bond donors (Lipinski definition) is 1. The topological polar surface area (TPSA) is 58.4 Å². The molecule has 0 aliphatic carbocycles. The van der Waals surface area contributed by atoms with E-state index >= 15 is 0 Å². The van der Waals surface area contributed by atoms with Crippen LogP contribution in [0, 0.1) is 0 Å². The summed E-state index contributed by atoms with van der Waals surface area (Å²) in [5.74, 6) is -0.175. The Kier molecular flexibility index (Phi) is 3.24. The van der Waals surface area contributed by atoms with Crippen molar-refractivity contribution in [2.45, 2.75) is 13.0 Å². The molecule has 14 heavy (non-hydrogen) atoms. The molecule has 0 aliphatic rings. The molecule has 1 aromatic heterocycles. The predicted octanol–water partition coefficient (Wildman–Crippen LogP) is -0.127. The van der Waals surface area contributed by atoms with E-state index in [1.54, 1.807) is 38.1 Å². The maximum Gasteiger partial charge on any atom is 0.273 e. The van der Waals surface area contributed by atoms with E-state index in [4.69, 9.17) is 5.11 Å². The third-order valence-corrected chi connectivity index (χ3v) is 1.81. The van der Waals surface area contributed by atoms with Crippen molar-refractivity contribution in [3.63, 3.8) is 0 Å². The highest BCUT2D eigenvalue weighted by atomic mass is 16.3. The van der Waals surface area contributed by atoms with Crippen molar-refractivity contribution >= 4 is 5.91 Å². The second-order valence-electron chi connectivity index (χ2n) is 3.46. The molecule has 1 atom stereocenters. The van der Waals surface area contributed by atoms with Gasteiger partial charge in [0.05, 0.1) is 12.4 Å². The fourth-order valence-corrected chi connectivity index (χ4v) is 1.20. The maximum absolute atomic E-state index is 11.6. The molecule has 0 radical (unpaired) electrons. The lowest BCUT2D eigenvalue weighted by atomic mass is 10.3. The Bertz CT molecular complexity index is 320. The third-order valence-electron chi connectivity index (χ3n) is 1.81. The molecule has 1 N–H and O–H groups in total. The molecule has 0 spiro atoms. The number of imidazole rings is 1. The summed E-state index contributed by atoms with van der Waals surface area (Å²) in [5.41, 5.74) is 0.399. The van der Waals surface area contributed by atoms with Gasteiger partial charge in [-0.1, -0.05) is 0 Å². The number of likely N-dealkylation sites (N-methyl/N-ethyl adjacent to an activating group) is 1. The molecule has 5 nitrogen and oxygen atoms in total. The second-order valence-corrected chi connectivity index (χ2v) is 3.46. The van der Waals surface area contributed by atoms with E-state index < -0.39 is 6.10 Å². The molecular weight excluding hydrogens is 182 g/mol. The normalized spacial score (nSPS) is 12.6. The van der Waals surface area contributed by atoms with Gasteiger partial charge in [-0.3, -0.25) is 4.79 Å². The van der Waals surface area contributed by atoms with E-state index in [1.807, 2.05) is 0 Å². The van der Waals surface area contributed by atoms with Crippen LogP contribution in [0.25, 0.3) is 0 Å². The van der Waals surface area contributed by atoms with Crippen molar-refractivity contribution in [1.82, 2.24) is 14.5 Å². The van der Waals surface area contributed by atoms with Crippen LogP contribution in [0.15, 0.2) is 12.5 Å². The van der Waals surface area contributed by atoms with Crippen LogP contribution >= 0.6 is 0 Å². The van der Waals surface area contributed by atoms with Gasteiger partial charge < -0.3 is 14.6 Å². The number of carbonyl (C=O) groups is 1. The van der Waals surface area contributed by atoms with Gasteiger partial charge in [-0.2, -0.15) is 0 Å². The minimum absolute atomic E-state index is 0.175. The lowest BCUT2D eigenvalue weighted by molar-refractivity contribution is 0.0698. The first kappa shape index (κ1) is 10.7. The Labute approximate surface area is 83.0 Å². The summed E-state index contributed by atoms with van der Waals surface area (Å²) in [5, 5.41) is 9.10. The first-order valence-electron chi connectivity index (χ1n) is 4.42. The molecule has 1 aromatic rings. The highest BCUT2D eigenvalue weighted by Gasteiger charge is 2.15. The predicted molar refractivity (Wildman–Crippen MR) is 51.8 cm³/mol. The quantitative estimate of drug-likeness (QED) is 0.734. The number of aromatic nitrogens is 2. The van der Waals surface area contributed by atoms with E-state index in [-0.39, 0.29) is 5.91 Å². The summed E-state index contributed by atoms with van der Waals surface area (Å²) in [7, 11) is 3.45. The fraction of sp³-hybridized carbons (Fsp3) is 0.556. The van der Waals surface area contributed by atoms with Crippen LogP contribution < -0.4 is 0 Å². The van der Waals surface area contributed by atoms with Crippen LogP contribution in [-0.4, -0.2) is 45.2 Å². The average Bonchev–Trinajstić information content (AvgIpc) is 2.49. The Morgan fingerprint density at radius 1 is 1.79 bits per heavy atom. The summed E-state index contributed by atoms with van der Waals surface area (Å²) in [4.78, 5) is 17.0. The zero-order chi connectivity index (χ0) is 10.7. The summed E-state index contributed by atoms with van der Waals surface area (Å²) in [6, 6.07) is 0. The van der Waals surface area contributed by atoms with Gasteiger partial charge in [0.1, 0.15) is 5.69 Å². The zero-order valence-corrected chi connectivity index (χ0v) is 8.64. The van der Waals surface area contributed by atoms with Gasteiger partial charge >= 0.3 is 0 Å². The molecule has 0 saturated carbocycles. The molecule has 78 valence electrons. The van der Waals surface area contributed by atoms with Crippen molar-refractivity contribution < 1.29 is 9.90 Å². The van der Waals surface area contributed by atoms with E-state index in [1.165, 1.54) is 4.90 Å². The van der Waals surface area contributed by atoms with E-state index in [9.17, 15) is 4.79 Å². The maximum atomic E-state index is 11.6. The van der Waals surface area contributed by atoms with E-state index in [0.717, 1.165) is 0 Å². The minimum atomic E-state index is -0.521. The monoisotopic (exact) mass is 197 g/mol. The molecule has 0 aromatic carbocycles. The summed E-state index contributed by atoms with van der Waals surface area (Å²) < 4.78 is 1.71.